The van der Waals surface area contributed by atoms with Crippen molar-refractivity contribution in [1.29, 1.82) is 0 Å². The summed E-state index contributed by atoms with van der Waals surface area (Å²) in [7, 11) is -2.41. The molecule has 0 radical (unpaired) electrons. The third kappa shape index (κ3) is 3.63. The van der Waals surface area contributed by atoms with Gasteiger partial charge in [0, 0.05) is 0 Å². The first kappa shape index (κ1) is 16.4. The fourth-order valence-corrected chi connectivity index (χ4v) is 3.03. The van der Waals surface area contributed by atoms with Crippen LogP contribution in [0.1, 0.15) is 17.3 Å². The van der Waals surface area contributed by atoms with Crippen LogP contribution < -0.4 is 5.30 Å². The highest BCUT2D eigenvalue weighted by molar-refractivity contribution is 7.61. The van der Waals surface area contributed by atoms with Crippen LogP contribution in [0.3, 0.4) is 0 Å². The van der Waals surface area contributed by atoms with Crippen molar-refractivity contribution in [2.45, 2.75) is 6.92 Å². The molecule has 2 aromatic carbocycles. The Morgan fingerprint density at radius 2 is 1.55 bits per heavy atom. The molecule has 0 fully saturated rings. The third-order valence-corrected chi connectivity index (χ3v) is 4.70. The van der Waals surface area contributed by atoms with Crippen molar-refractivity contribution < 1.29 is 23.5 Å². The molecule has 0 spiro atoms. The van der Waals surface area contributed by atoms with Crippen molar-refractivity contribution in [3.05, 3.63) is 54.1 Å². The van der Waals surface area contributed by atoms with Gasteiger partial charge < -0.3 is 14.2 Å². The average Bonchev–Trinajstić information content (AvgIpc) is 2.54. The molecule has 22 heavy (non-hydrogen) atoms. The minimum absolute atomic E-state index is 0.171. The van der Waals surface area contributed by atoms with E-state index in [4.69, 9.17) is 4.52 Å². The number of hydrogen-bond donors (Lipinski definition) is 1. The number of carbonyl (C=O) groups excluding carboxylic acids is 1. The molecular formula is C16H17O5P. The molecule has 1 N–H and O–H groups in total. The second-order valence-corrected chi connectivity index (χ2v) is 6.37. The molecule has 0 aromatic heterocycles. The van der Waals surface area contributed by atoms with E-state index in [1.54, 1.807) is 55.5 Å². The summed E-state index contributed by atoms with van der Waals surface area (Å²) in [5.41, 5.74) is 2.24. The number of methoxy groups -OCH3 is 1. The standard InChI is InChI=1S/C16H17O5P/c1-3-21-22(18,19)15-10-8-13(9-11-15)12-4-6-14(7-5-12)16(17)20-2/h4-11H,3H2,1-2H3,(H,18,19). The highest BCUT2D eigenvalue weighted by atomic mass is 31.2. The Hall–Kier alpha value is -1.94. The molecule has 0 aliphatic heterocycles. The lowest BCUT2D eigenvalue weighted by Gasteiger charge is -2.11. The molecule has 0 saturated carbocycles. The van der Waals surface area contributed by atoms with Crippen LogP contribution >= 0.6 is 7.60 Å². The Balaban J connectivity index is 2.24. The maximum absolute atomic E-state index is 11.9. The first-order valence-corrected chi connectivity index (χ1v) is 8.32. The lowest BCUT2D eigenvalue weighted by Crippen LogP contribution is -2.06. The van der Waals surface area contributed by atoms with Crippen LogP contribution in [-0.4, -0.2) is 24.6 Å². The van der Waals surface area contributed by atoms with E-state index in [1.165, 1.54) is 7.11 Å². The van der Waals surface area contributed by atoms with E-state index < -0.39 is 7.60 Å². The molecule has 116 valence electrons. The van der Waals surface area contributed by atoms with E-state index in [0.717, 1.165) is 11.1 Å². The number of benzene rings is 2. The van der Waals surface area contributed by atoms with E-state index in [1.807, 2.05) is 0 Å². The van der Waals surface area contributed by atoms with Crippen LogP contribution in [0.2, 0.25) is 0 Å². The molecule has 0 aliphatic rings. The van der Waals surface area contributed by atoms with E-state index in [-0.39, 0.29) is 17.9 Å². The molecule has 5 nitrogen and oxygen atoms in total. The summed E-state index contributed by atoms with van der Waals surface area (Å²) in [5.74, 6) is -0.389. The molecule has 2 rings (SSSR count). The molecule has 0 amide bonds. The van der Waals surface area contributed by atoms with Crippen molar-refractivity contribution in [3.63, 3.8) is 0 Å². The molecule has 0 heterocycles. The van der Waals surface area contributed by atoms with Crippen molar-refractivity contribution in [1.82, 2.24) is 0 Å². The smallest absolute Gasteiger partial charge is 0.358 e. The molecular weight excluding hydrogens is 303 g/mol. The van der Waals surface area contributed by atoms with Gasteiger partial charge in [-0.25, -0.2) is 4.79 Å². The van der Waals surface area contributed by atoms with Crippen LogP contribution in [0.25, 0.3) is 11.1 Å². The number of ether oxygens (including phenoxy) is 1. The van der Waals surface area contributed by atoms with Gasteiger partial charge in [-0.2, -0.15) is 0 Å². The Bertz CT molecular complexity index is 691. The van der Waals surface area contributed by atoms with Crippen LogP contribution in [0, 0.1) is 0 Å². The Morgan fingerprint density at radius 3 is 2.00 bits per heavy atom. The van der Waals surface area contributed by atoms with Crippen LogP contribution in [0.15, 0.2) is 48.5 Å². The maximum atomic E-state index is 11.9. The molecule has 1 unspecified atom stereocenters. The van der Waals surface area contributed by atoms with Crippen molar-refractivity contribution in [3.8, 4) is 11.1 Å². The Morgan fingerprint density at radius 1 is 1.05 bits per heavy atom. The number of esters is 1. The van der Waals surface area contributed by atoms with Crippen LogP contribution in [-0.2, 0) is 13.8 Å². The van der Waals surface area contributed by atoms with Gasteiger partial charge in [0.2, 0.25) is 0 Å². The monoisotopic (exact) mass is 320 g/mol. The van der Waals surface area contributed by atoms with Gasteiger partial charge in [-0.3, -0.25) is 4.57 Å². The van der Waals surface area contributed by atoms with Crippen LogP contribution in [0.4, 0.5) is 0 Å². The van der Waals surface area contributed by atoms with E-state index in [9.17, 15) is 14.3 Å². The minimum atomic E-state index is -3.74. The van der Waals surface area contributed by atoms with E-state index in [2.05, 4.69) is 4.74 Å². The largest absolute Gasteiger partial charge is 0.465 e. The number of carbonyl (C=O) groups is 1. The van der Waals surface area contributed by atoms with Crippen molar-refractivity contribution in [2.24, 2.45) is 0 Å². The fraction of sp³-hybridized carbons (Fsp3) is 0.188. The molecule has 6 heteroatoms. The van der Waals surface area contributed by atoms with Gasteiger partial charge in [-0.1, -0.05) is 24.3 Å². The SMILES string of the molecule is CCOP(=O)(O)c1ccc(-c2ccc(C(=O)OC)cc2)cc1. The number of hydrogen-bond acceptors (Lipinski definition) is 4. The van der Waals surface area contributed by atoms with Crippen LogP contribution in [0.5, 0.6) is 0 Å². The highest BCUT2D eigenvalue weighted by Crippen LogP contribution is 2.40. The molecule has 0 saturated heterocycles. The van der Waals surface area contributed by atoms with Gasteiger partial charge in [0.1, 0.15) is 0 Å². The van der Waals surface area contributed by atoms with Gasteiger partial charge in [0.25, 0.3) is 0 Å². The summed E-state index contributed by atoms with van der Waals surface area (Å²) in [5, 5.41) is 0.254. The zero-order valence-electron chi connectivity index (χ0n) is 12.4. The van der Waals surface area contributed by atoms with Gasteiger partial charge in [0.05, 0.1) is 24.6 Å². The number of rotatable bonds is 5. The quantitative estimate of drug-likeness (QED) is 0.677. The molecule has 1 atom stereocenters. The van der Waals surface area contributed by atoms with E-state index >= 15 is 0 Å². The lowest BCUT2D eigenvalue weighted by atomic mass is 10.0. The first-order chi connectivity index (χ1) is 10.5. The van der Waals surface area contributed by atoms with E-state index in [0.29, 0.717) is 5.56 Å². The predicted molar refractivity (Wildman–Crippen MR) is 84.3 cm³/mol. The highest BCUT2D eigenvalue weighted by Gasteiger charge is 2.21. The molecule has 0 aliphatic carbocycles. The summed E-state index contributed by atoms with van der Waals surface area (Å²) in [6.07, 6.45) is 0. The van der Waals surface area contributed by atoms with Gasteiger partial charge in [-0.15, -0.1) is 0 Å². The topological polar surface area (TPSA) is 72.8 Å². The van der Waals surface area contributed by atoms with Gasteiger partial charge >= 0.3 is 13.6 Å². The molecule has 2 aromatic rings. The average molecular weight is 320 g/mol. The third-order valence-electron chi connectivity index (χ3n) is 3.14. The fourth-order valence-electron chi connectivity index (χ4n) is 2.01. The lowest BCUT2D eigenvalue weighted by molar-refractivity contribution is 0.0600. The summed E-state index contributed by atoms with van der Waals surface area (Å²) >= 11 is 0. The zero-order chi connectivity index (χ0) is 16.2. The first-order valence-electron chi connectivity index (χ1n) is 6.74. The zero-order valence-corrected chi connectivity index (χ0v) is 13.2. The van der Waals surface area contributed by atoms with Crippen molar-refractivity contribution in [2.75, 3.05) is 13.7 Å². The Kier molecular flexibility index (Phi) is 5.14. The van der Waals surface area contributed by atoms with Gasteiger partial charge in [-0.05, 0) is 42.3 Å². The summed E-state index contributed by atoms with van der Waals surface area (Å²) in [6, 6.07) is 13.6. The van der Waals surface area contributed by atoms with Gasteiger partial charge in [0.15, 0.2) is 0 Å². The summed E-state index contributed by atoms with van der Waals surface area (Å²) in [6.45, 7) is 1.84. The van der Waals surface area contributed by atoms with Crippen molar-refractivity contribution >= 4 is 18.9 Å². The Labute approximate surface area is 129 Å². The summed E-state index contributed by atoms with van der Waals surface area (Å²) < 4.78 is 21.4. The second kappa shape index (κ2) is 6.88. The predicted octanol–water partition coefficient (Wildman–Crippen LogP) is 2.99. The maximum Gasteiger partial charge on any atom is 0.358 e. The molecule has 0 bridgehead atoms. The second-order valence-electron chi connectivity index (χ2n) is 4.55. The normalized spacial score (nSPS) is 13.4. The minimum Gasteiger partial charge on any atom is -0.465 e. The summed E-state index contributed by atoms with van der Waals surface area (Å²) in [4.78, 5) is 21.1.